The monoisotopic (exact) mass is 306 g/mol. The van der Waals surface area contributed by atoms with Crippen LogP contribution in [0.1, 0.15) is 12.5 Å². The van der Waals surface area contributed by atoms with Crippen molar-refractivity contribution in [1.29, 1.82) is 0 Å². The van der Waals surface area contributed by atoms with E-state index in [9.17, 15) is 9.90 Å². The quantitative estimate of drug-likeness (QED) is 0.823. The fourth-order valence-electron chi connectivity index (χ4n) is 2.08. The second-order valence-corrected chi connectivity index (χ2v) is 5.85. The molecule has 2 N–H and O–H groups in total. The molecule has 0 aliphatic carbocycles. The summed E-state index contributed by atoms with van der Waals surface area (Å²) in [7, 11) is 0. The first kappa shape index (κ1) is 15.7. The summed E-state index contributed by atoms with van der Waals surface area (Å²) in [6.45, 7) is 1.42. The fraction of sp³-hybridized carbons (Fsp3) is 0.312. The second-order valence-electron chi connectivity index (χ2n) is 4.81. The number of fused-ring (bicyclic) bond motifs is 1. The zero-order valence-corrected chi connectivity index (χ0v) is 12.6. The normalized spacial score (nSPS) is 12.3. The topological polar surface area (TPSA) is 66.8 Å². The molecule has 0 fully saturated rings. The van der Waals surface area contributed by atoms with Crippen LogP contribution in [0.5, 0.6) is 5.75 Å². The van der Waals surface area contributed by atoms with E-state index in [4.69, 9.17) is 9.84 Å². The third-order valence-corrected chi connectivity index (χ3v) is 4.17. The van der Waals surface area contributed by atoms with Crippen molar-refractivity contribution in [2.75, 3.05) is 12.4 Å². The first-order valence-electron chi connectivity index (χ1n) is 6.69. The van der Waals surface area contributed by atoms with Gasteiger partial charge in [0.25, 0.3) is 0 Å². The van der Waals surface area contributed by atoms with Crippen molar-refractivity contribution in [3.05, 3.63) is 42.0 Å². The van der Waals surface area contributed by atoms with Crippen LogP contribution in [0.25, 0.3) is 10.8 Å². The Kier molecular flexibility index (Phi) is 5.47. The molecule has 0 saturated carbocycles. The minimum absolute atomic E-state index is 0.320. The summed E-state index contributed by atoms with van der Waals surface area (Å²) in [6.07, 6.45) is -0.320. The number of aliphatic hydroxyl groups excluding tert-OH is 1. The number of carbonyl (C=O) groups is 1. The first-order valence-corrected chi connectivity index (χ1v) is 7.84. The van der Waals surface area contributed by atoms with Crippen LogP contribution in [0.3, 0.4) is 0 Å². The van der Waals surface area contributed by atoms with Crippen LogP contribution in [-0.4, -0.2) is 34.6 Å². The summed E-state index contributed by atoms with van der Waals surface area (Å²) in [6, 6.07) is 11.5. The maximum Gasteiger partial charge on any atom is 0.341 e. The van der Waals surface area contributed by atoms with E-state index in [1.165, 1.54) is 0 Å². The maximum atomic E-state index is 10.6. The summed E-state index contributed by atoms with van der Waals surface area (Å²) in [5.41, 5.74) is 1.15. The van der Waals surface area contributed by atoms with Gasteiger partial charge in [-0.3, -0.25) is 0 Å². The van der Waals surface area contributed by atoms with Crippen LogP contribution >= 0.6 is 11.8 Å². The van der Waals surface area contributed by atoms with Gasteiger partial charge in [-0.2, -0.15) is 11.8 Å². The van der Waals surface area contributed by atoms with Gasteiger partial charge in [0.05, 0.1) is 6.10 Å². The van der Waals surface area contributed by atoms with E-state index in [0.717, 1.165) is 22.1 Å². The lowest BCUT2D eigenvalue weighted by Gasteiger charge is -2.11. The molecule has 0 saturated heterocycles. The average Bonchev–Trinajstić information content (AvgIpc) is 2.45. The summed E-state index contributed by atoms with van der Waals surface area (Å²) >= 11 is 1.67. The molecule has 0 heterocycles. The first-order chi connectivity index (χ1) is 10.1. The van der Waals surface area contributed by atoms with Crippen molar-refractivity contribution in [2.24, 2.45) is 0 Å². The van der Waals surface area contributed by atoms with Gasteiger partial charge in [0.15, 0.2) is 6.61 Å². The molecular formula is C16H18O4S. The Labute approximate surface area is 127 Å². The lowest BCUT2D eigenvalue weighted by atomic mass is 10.0. The molecule has 0 aromatic heterocycles. The molecule has 1 unspecified atom stereocenters. The van der Waals surface area contributed by atoms with Crippen molar-refractivity contribution >= 4 is 28.5 Å². The van der Waals surface area contributed by atoms with Gasteiger partial charge in [-0.15, -0.1) is 0 Å². The highest BCUT2D eigenvalue weighted by atomic mass is 32.2. The lowest BCUT2D eigenvalue weighted by Crippen LogP contribution is -2.09. The van der Waals surface area contributed by atoms with E-state index in [1.54, 1.807) is 24.8 Å². The Morgan fingerprint density at radius 3 is 2.67 bits per heavy atom. The Morgan fingerprint density at radius 1 is 1.24 bits per heavy atom. The van der Waals surface area contributed by atoms with E-state index in [-0.39, 0.29) is 12.7 Å². The van der Waals surface area contributed by atoms with E-state index in [0.29, 0.717) is 11.5 Å². The number of ether oxygens (including phenoxy) is 1. The number of carboxylic acids is 1. The van der Waals surface area contributed by atoms with Crippen LogP contribution in [0.15, 0.2) is 36.4 Å². The number of aliphatic hydroxyl groups is 1. The molecule has 0 bridgehead atoms. The summed E-state index contributed by atoms with van der Waals surface area (Å²) < 4.78 is 5.33. The molecule has 112 valence electrons. The third kappa shape index (κ3) is 4.37. The van der Waals surface area contributed by atoms with E-state index < -0.39 is 5.97 Å². The SMILES string of the molecule is CC(O)CSCc1cccc2c(OCC(=O)O)cccc12. The van der Waals surface area contributed by atoms with Crippen molar-refractivity contribution in [2.45, 2.75) is 18.8 Å². The Hall–Kier alpha value is -1.72. The Morgan fingerprint density at radius 2 is 1.95 bits per heavy atom. The predicted octanol–water partition coefficient (Wildman–Crippen LogP) is 2.92. The number of hydrogen-bond acceptors (Lipinski definition) is 4. The van der Waals surface area contributed by atoms with Crippen molar-refractivity contribution in [3.8, 4) is 5.75 Å². The van der Waals surface area contributed by atoms with Gasteiger partial charge in [-0.05, 0) is 23.9 Å². The molecule has 0 radical (unpaired) electrons. The predicted molar refractivity (Wildman–Crippen MR) is 84.9 cm³/mol. The molecule has 4 nitrogen and oxygen atoms in total. The molecular weight excluding hydrogens is 288 g/mol. The van der Waals surface area contributed by atoms with Crippen LogP contribution in [-0.2, 0) is 10.5 Å². The molecule has 21 heavy (non-hydrogen) atoms. The van der Waals surface area contributed by atoms with Gasteiger partial charge in [0.2, 0.25) is 0 Å². The largest absolute Gasteiger partial charge is 0.481 e. The molecule has 0 amide bonds. The van der Waals surface area contributed by atoms with Crippen LogP contribution in [0, 0.1) is 0 Å². The number of benzene rings is 2. The molecule has 0 aliphatic rings. The third-order valence-electron chi connectivity index (χ3n) is 2.94. The molecule has 2 rings (SSSR count). The van der Waals surface area contributed by atoms with E-state index in [2.05, 4.69) is 0 Å². The van der Waals surface area contributed by atoms with Gasteiger partial charge in [-0.25, -0.2) is 4.79 Å². The molecule has 0 spiro atoms. The van der Waals surface area contributed by atoms with Crippen molar-refractivity contribution < 1.29 is 19.7 Å². The van der Waals surface area contributed by atoms with Gasteiger partial charge >= 0.3 is 5.97 Å². The minimum Gasteiger partial charge on any atom is -0.481 e. The van der Waals surface area contributed by atoms with Gasteiger partial charge in [0, 0.05) is 16.9 Å². The van der Waals surface area contributed by atoms with Crippen molar-refractivity contribution in [1.82, 2.24) is 0 Å². The van der Waals surface area contributed by atoms with Crippen LogP contribution in [0.2, 0.25) is 0 Å². The highest BCUT2D eigenvalue weighted by Crippen LogP contribution is 2.30. The number of thioether (sulfide) groups is 1. The molecule has 1 atom stereocenters. The zero-order chi connectivity index (χ0) is 15.2. The van der Waals surface area contributed by atoms with Crippen molar-refractivity contribution in [3.63, 3.8) is 0 Å². The van der Waals surface area contributed by atoms with Crippen LogP contribution < -0.4 is 4.74 Å². The van der Waals surface area contributed by atoms with E-state index >= 15 is 0 Å². The smallest absolute Gasteiger partial charge is 0.341 e. The van der Waals surface area contributed by atoms with E-state index in [1.807, 2.05) is 30.3 Å². The molecule has 2 aromatic carbocycles. The minimum atomic E-state index is -0.990. The van der Waals surface area contributed by atoms with Crippen LogP contribution in [0.4, 0.5) is 0 Å². The Bertz CT molecular complexity index is 625. The fourth-order valence-corrected chi connectivity index (χ4v) is 3.01. The summed E-state index contributed by atoms with van der Waals surface area (Å²) in [4.78, 5) is 10.6. The molecule has 5 heteroatoms. The Balaban J connectivity index is 2.23. The number of hydrogen-bond donors (Lipinski definition) is 2. The number of carboxylic acid groups (broad SMARTS) is 1. The highest BCUT2D eigenvalue weighted by molar-refractivity contribution is 7.98. The summed E-state index contributed by atoms with van der Waals surface area (Å²) in [5, 5.41) is 20.0. The standard InChI is InChI=1S/C16H18O4S/c1-11(17)9-21-10-12-4-2-6-14-13(12)5-3-7-15(14)20-8-16(18)19/h2-7,11,17H,8-10H2,1H3,(H,18,19). The van der Waals surface area contributed by atoms with Gasteiger partial charge in [0.1, 0.15) is 5.75 Å². The van der Waals surface area contributed by atoms with Gasteiger partial charge < -0.3 is 14.9 Å². The maximum absolute atomic E-state index is 10.6. The average molecular weight is 306 g/mol. The highest BCUT2D eigenvalue weighted by Gasteiger charge is 2.08. The molecule has 0 aliphatic heterocycles. The lowest BCUT2D eigenvalue weighted by molar-refractivity contribution is -0.139. The second kappa shape index (κ2) is 7.33. The number of rotatable bonds is 7. The molecule has 2 aromatic rings. The number of aliphatic carboxylic acids is 1. The zero-order valence-electron chi connectivity index (χ0n) is 11.8. The summed E-state index contributed by atoms with van der Waals surface area (Å²) in [5.74, 6) is 1.07. The van der Waals surface area contributed by atoms with Gasteiger partial charge in [-0.1, -0.05) is 30.3 Å².